The van der Waals surface area contributed by atoms with Gasteiger partial charge < -0.3 is 0 Å². The molecule has 0 saturated heterocycles. The first-order valence-corrected chi connectivity index (χ1v) is 5.70. The summed E-state index contributed by atoms with van der Waals surface area (Å²) in [4.78, 5) is 0. The van der Waals surface area contributed by atoms with Crippen LogP contribution in [0, 0.1) is 0 Å². The van der Waals surface area contributed by atoms with Gasteiger partial charge in [-0.25, -0.2) is 9.13 Å². The lowest BCUT2D eigenvalue weighted by Gasteiger charge is -2.00. The summed E-state index contributed by atoms with van der Waals surface area (Å²) in [5, 5.41) is 0. The van der Waals surface area contributed by atoms with Gasteiger partial charge >= 0.3 is 0 Å². The maximum atomic E-state index is 2.26. The average Bonchev–Trinajstić information content (AvgIpc) is 2.84. The molecule has 1 aliphatic rings. The summed E-state index contributed by atoms with van der Waals surface area (Å²) in [5.41, 5.74) is 1.59. The van der Waals surface area contributed by atoms with Crippen molar-refractivity contribution < 1.29 is 4.57 Å². The van der Waals surface area contributed by atoms with Gasteiger partial charge in [-0.2, -0.15) is 0 Å². The van der Waals surface area contributed by atoms with Crippen LogP contribution < -0.4 is 4.57 Å². The third-order valence-electron chi connectivity index (χ3n) is 2.84. The third-order valence-corrected chi connectivity index (χ3v) is 2.84. The lowest BCUT2D eigenvalue weighted by molar-refractivity contribution is -0.671. The Labute approximate surface area is 91.5 Å². The second kappa shape index (κ2) is 4.96. The fraction of sp³-hybridized carbons (Fsp3) is 0.462. The SMILES string of the molecule is C[n+]1ccn(CCCCC2=CC=CC2)c1. The first kappa shape index (κ1) is 10.2. The standard InChI is InChI=1S/C13H19N2/c1-14-10-11-15(12-14)9-5-4-8-13-6-2-3-7-13/h2-3,6,10-12H,4-5,7-9H2,1H3/q+1. The van der Waals surface area contributed by atoms with E-state index in [1.54, 1.807) is 5.57 Å². The quantitative estimate of drug-likeness (QED) is 0.513. The smallest absolute Gasteiger partial charge is 0.240 e. The van der Waals surface area contributed by atoms with Crippen molar-refractivity contribution in [2.45, 2.75) is 32.2 Å². The molecule has 2 nitrogen and oxygen atoms in total. The Morgan fingerprint density at radius 3 is 3.00 bits per heavy atom. The summed E-state index contributed by atoms with van der Waals surface area (Å²) in [6, 6.07) is 0. The lowest BCUT2D eigenvalue weighted by atomic mass is 10.1. The van der Waals surface area contributed by atoms with E-state index in [1.165, 1.54) is 25.7 Å². The van der Waals surface area contributed by atoms with Crippen molar-refractivity contribution in [2.75, 3.05) is 0 Å². The van der Waals surface area contributed by atoms with Gasteiger partial charge in [0, 0.05) is 0 Å². The number of aromatic nitrogens is 2. The Kier molecular flexibility index (Phi) is 3.38. The molecule has 1 aromatic rings. The highest BCUT2D eigenvalue weighted by atomic mass is 15.1. The average molecular weight is 203 g/mol. The molecule has 1 heterocycles. The van der Waals surface area contributed by atoms with Gasteiger partial charge in [-0.1, -0.05) is 23.8 Å². The van der Waals surface area contributed by atoms with Crippen molar-refractivity contribution in [1.82, 2.24) is 4.57 Å². The molecular formula is C13H19N2+. The first-order chi connectivity index (χ1) is 7.34. The minimum atomic E-state index is 1.14. The van der Waals surface area contributed by atoms with Crippen molar-refractivity contribution in [3.63, 3.8) is 0 Å². The predicted molar refractivity (Wildman–Crippen MR) is 61.3 cm³/mol. The van der Waals surface area contributed by atoms with Crippen LogP contribution in [0.4, 0.5) is 0 Å². The van der Waals surface area contributed by atoms with E-state index in [-0.39, 0.29) is 0 Å². The number of nitrogens with zero attached hydrogens (tertiary/aromatic N) is 2. The number of unbranched alkanes of at least 4 members (excludes halogenated alkanes) is 1. The first-order valence-electron chi connectivity index (χ1n) is 5.70. The zero-order valence-electron chi connectivity index (χ0n) is 9.39. The number of imidazole rings is 1. The fourth-order valence-corrected chi connectivity index (χ4v) is 1.96. The molecule has 0 aromatic carbocycles. The second-order valence-corrected chi connectivity index (χ2v) is 4.23. The van der Waals surface area contributed by atoms with Gasteiger partial charge in [-0.15, -0.1) is 0 Å². The Morgan fingerprint density at radius 1 is 1.40 bits per heavy atom. The molecule has 15 heavy (non-hydrogen) atoms. The summed E-state index contributed by atoms with van der Waals surface area (Å²) in [7, 11) is 2.06. The zero-order valence-corrected chi connectivity index (χ0v) is 9.39. The molecule has 1 aliphatic carbocycles. The molecule has 0 unspecified atom stereocenters. The normalized spacial score (nSPS) is 14.6. The number of hydrogen-bond donors (Lipinski definition) is 0. The molecule has 0 aliphatic heterocycles. The Hall–Kier alpha value is -1.31. The molecule has 80 valence electrons. The van der Waals surface area contributed by atoms with Crippen LogP contribution in [0.2, 0.25) is 0 Å². The van der Waals surface area contributed by atoms with E-state index in [0.717, 1.165) is 6.54 Å². The molecule has 0 spiro atoms. The summed E-state index contributed by atoms with van der Waals surface area (Å²) in [5.74, 6) is 0. The Bertz CT molecular complexity index is 372. The largest absolute Gasteiger partial charge is 0.243 e. The summed E-state index contributed by atoms with van der Waals surface area (Å²) in [6.07, 6.45) is 18.0. The number of hydrogen-bond acceptors (Lipinski definition) is 0. The molecule has 0 radical (unpaired) electrons. The minimum Gasteiger partial charge on any atom is -0.240 e. The van der Waals surface area contributed by atoms with Crippen LogP contribution in [0.15, 0.2) is 42.5 Å². The van der Waals surface area contributed by atoms with E-state index in [2.05, 4.69) is 53.1 Å². The van der Waals surface area contributed by atoms with Crippen molar-refractivity contribution in [1.29, 1.82) is 0 Å². The molecule has 1 aromatic heterocycles. The van der Waals surface area contributed by atoms with E-state index in [1.807, 2.05) is 0 Å². The fourth-order valence-electron chi connectivity index (χ4n) is 1.96. The van der Waals surface area contributed by atoms with Crippen molar-refractivity contribution >= 4 is 0 Å². The highest BCUT2D eigenvalue weighted by Gasteiger charge is 2.01. The van der Waals surface area contributed by atoms with Crippen LogP contribution in [0.3, 0.4) is 0 Å². The van der Waals surface area contributed by atoms with Gasteiger partial charge in [-0.3, -0.25) is 0 Å². The Balaban J connectivity index is 1.63. The van der Waals surface area contributed by atoms with Crippen LogP contribution in [-0.4, -0.2) is 4.57 Å². The van der Waals surface area contributed by atoms with Crippen LogP contribution in [-0.2, 0) is 13.6 Å². The predicted octanol–water partition coefficient (Wildman–Crippen LogP) is 2.37. The minimum absolute atomic E-state index is 1.14. The van der Waals surface area contributed by atoms with E-state index >= 15 is 0 Å². The van der Waals surface area contributed by atoms with Crippen LogP contribution in [0.25, 0.3) is 0 Å². The van der Waals surface area contributed by atoms with Crippen molar-refractivity contribution in [2.24, 2.45) is 7.05 Å². The van der Waals surface area contributed by atoms with Crippen LogP contribution in [0.5, 0.6) is 0 Å². The molecule has 2 rings (SSSR count). The summed E-state index contributed by atoms with van der Waals surface area (Å²) in [6.45, 7) is 1.14. The molecule has 0 bridgehead atoms. The second-order valence-electron chi connectivity index (χ2n) is 4.23. The van der Waals surface area contributed by atoms with Gasteiger partial charge in [0.1, 0.15) is 12.4 Å². The lowest BCUT2D eigenvalue weighted by Crippen LogP contribution is -2.23. The molecule has 0 fully saturated rings. The number of rotatable bonds is 5. The maximum absolute atomic E-state index is 2.26. The van der Waals surface area contributed by atoms with Crippen molar-refractivity contribution in [3.05, 3.63) is 42.5 Å². The molecular weight excluding hydrogens is 184 g/mol. The highest BCUT2D eigenvalue weighted by Crippen LogP contribution is 2.17. The molecule has 0 amide bonds. The highest BCUT2D eigenvalue weighted by molar-refractivity contribution is 5.22. The van der Waals surface area contributed by atoms with Gasteiger partial charge in [0.2, 0.25) is 6.33 Å². The maximum Gasteiger partial charge on any atom is 0.243 e. The van der Waals surface area contributed by atoms with Crippen LogP contribution >= 0.6 is 0 Å². The van der Waals surface area contributed by atoms with E-state index in [0.29, 0.717) is 0 Å². The van der Waals surface area contributed by atoms with E-state index in [9.17, 15) is 0 Å². The van der Waals surface area contributed by atoms with Gasteiger partial charge in [-0.05, 0) is 25.7 Å². The molecule has 0 atom stereocenters. The Morgan fingerprint density at radius 2 is 2.33 bits per heavy atom. The molecule has 0 N–H and O–H groups in total. The van der Waals surface area contributed by atoms with E-state index < -0.39 is 0 Å². The topological polar surface area (TPSA) is 8.81 Å². The van der Waals surface area contributed by atoms with Crippen LogP contribution in [0.1, 0.15) is 25.7 Å². The molecule has 2 heteroatoms. The van der Waals surface area contributed by atoms with Crippen molar-refractivity contribution in [3.8, 4) is 0 Å². The third kappa shape index (κ3) is 3.08. The number of aryl methyl sites for hydroxylation is 2. The summed E-state index contributed by atoms with van der Waals surface area (Å²) < 4.78 is 4.34. The zero-order chi connectivity index (χ0) is 10.5. The van der Waals surface area contributed by atoms with Gasteiger partial charge in [0.15, 0.2) is 0 Å². The van der Waals surface area contributed by atoms with Gasteiger partial charge in [0.25, 0.3) is 0 Å². The number of allylic oxidation sites excluding steroid dienone is 4. The monoisotopic (exact) mass is 203 g/mol. The molecule has 0 saturated carbocycles. The van der Waals surface area contributed by atoms with E-state index in [4.69, 9.17) is 0 Å². The van der Waals surface area contributed by atoms with Gasteiger partial charge in [0.05, 0.1) is 13.6 Å². The summed E-state index contributed by atoms with van der Waals surface area (Å²) >= 11 is 0.